The van der Waals surface area contributed by atoms with Gasteiger partial charge in [-0.1, -0.05) is 56.2 Å². The molecule has 0 radical (unpaired) electrons. The number of ether oxygens (including phenoxy) is 2. The smallest absolute Gasteiger partial charge is 0.200 e. The van der Waals surface area contributed by atoms with Crippen LogP contribution >= 0.6 is 0 Å². The third-order valence-electron chi connectivity index (χ3n) is 8.79. The molecule has 210 valence electrons. The molecule has 0 amide bonds. The highest BCUT2D eigenvalue weighted by molar-refractivity contribution is 5.33. The van der Waals surface area contributed by atoms with Crippen molar-refractivity contribution in [2.45, 2.75) is 102 Å². The molecule has 38 heavy (non-hydrogen) atoms. The van der Waals surface area contributed by atoms with E-state index in [2.05, 4.69) is 0 Å². The first-order chi connectivity index (χ1) is 18.4. The van der Waals surface area contributed by atoms with Gasteiger partial charge in [0, 0.05) is 6.61 Å². The van der Waals surface area contributed by atoms with Gasteiger partial charge in [0.1, 0.15) is 11.8 Å². The molecule has 4 rings (SSSR count). The first-order valence-electron chi connectivity index (χ1n) is 14.5. The summed E-state index contributed by atoms with van der Waals surface area (Å²) >= 11 is 0. The first-order valence-corrected chi connectivity index (χ1v) is 14.5. The molecule has 2 aromatic rings. The van der Waals surface area contributed by atoms with Gasteiger partial charge >= 0.3 is 0 Å². The molecule has 2 aromatic carbocycles. The zero-order valence-electron chi connectivity index (χ0n) is 22.7. The Bertz CT molecular complexity index is 1010. The van der Waals surface area contributed by atoms with E-state index in [0.29, 0.717) is 49.5 Å². The minimum atomic E-state index is -1.70. The molecule has 0 bridgehead atoms. The van der Waals surface area contributed by atoms with Crippen molar-refractivity contribution >= 4 is 0 Å². The van der Waals surface area contributed by atoms with E-state index < -0.39 is 29.6 Å². The van der Waals surface area contributed by atoms with Gasteiger partial charge < -0.3 is 9.47 Å². The van der Waals surface area contributed by atoms with Crippen molar-refractivity contribution in [1.29, 1.82) is 0 Å². The Balaban J connectivity index is 1.30. The summed E-state index contributed by atoms with van der Waals surface area (Å²) < 4.78 is 71.8. The molecule has 2 aliphatic rings. The third-order valence-corrected chi connectivity index (χ3v) is 8.79. The summed E-state index contributed by atoms with van der Waals surface area (Å²) in [5, 5.41) is 0. The fourth-order valence-electron chi connectivity index (χ4n) is 6.52. The van der Waals surface area contributed by atoms with Gasteiger partial charge in [-0.05, 0) is 93.2 Å². The molecular formula is C32H42F4O2. The minimum absolute atomic E-state index is 0.0200. The fraction of sp³-hybridized carbons (Fsp3) is 0.625. The highest BCUT2D eigenvalue weighted by atomic mass is 19.2. The number of benzene rings is 2. The quantitative estimate of drug-likeness (QED) is 0.211. The molecule has 2 unspecified atom stereocenters. The van der Waals surface area contributed by atoms with Crippen LogP contribution in [0.25, 0.3) is 0 Å². The maximum absolute atomic E-state index is 15.6. The van der Waals surface area contributed by atoms with Crippen LogP contribution in [0.1, 0.15) is 95.1 Å². The third kappa shape index (κ3) is 6.21. The van der Waals surface area contributed by atoms with Crippen molar-refractivity contribution in [2.75, 3.05) is 13.2 Å². The van der Waals surface area contributed by atoms with Gasteiger partial charge in [-0.3, -0.25) is 0 Å². The van der Waals surface area contributed by atoms with Gasteiger partial charge in [-0.2, -0.15) is 4.39 Å². The van der Waals surface area contributed by atoms with Crippen LogP contribution < -0.4 is 4.74 Å². The minimum Gasteiger partial charge on any atom is -0.490 e. The van der Waals surface area contributed by atoms with Crippen LogP contribution in [0.15, 0.2) is 42.5 Å². The molecule has 6 heteroatoms. The molecule has 0 N–H and O–H groups in total. The van der Waals surface area contributed by atoms with Crippen molar-refractivity contribution in [3.63, 3.8) is 0 Å². The Labute approximate surface area is 225 Å². The van der Waals surface area contributed by atoms with Crippen molar-refractivity contribution < 1.29 is 27.0 Å². The van der Waals surface area contributed by atoms with Crippen molar-refractivity contribution in [3.8, 4) is 5.75 Å². The number of hydrogen-bond donors (Lipinski definition) is 0. The zero-order valence-corrected chi connectivity index (χ0v) is 22.7. The lowest BCUT2D eigenvalue weighted by Gasteiger charge is -2.45. The second-order valence-corrected chi connectivity index (χ2v) is 11.1. The molecule has 2 aliphatic carbocycles. The van der Waals surface area contributed by atoms with Gasteiger partial charge in [0.25, 0.3) is 0 Å². The zero-order chi connectivity index (χ0) is 27.1. The Morgan fingerprint density at radius 1 is 0.868 bits per heavy atom. The summed E-state index contributed by atoms with van der Waals surface area (Å²) in [4.78, 5) is 0. The van der Waals surface area contributed by atoms with Gasteiger partial charge in [-0.25, -0.2) is 13.2 Å². The summed E-state index contributed by atoms with van der Waals surface area (Å²) in [6, 6.07) is 12.4. The Morgan fingerprint density at radius 2 is 1.61 bits per heavy atom. The molecule has 4 atom stereocenters. The van der Waals surface area contributed by atoms with E-state index in [1.165, 1.54) is 0 Å². The second kappa shape index (κ2) is 13.3. The SMILES string of the molecule is CCCCOc1ccc([C@H]2CC[C@H](CCC3CC[C@@](OCC)(c4ccccc4)[C@H](F)C3F)CC2)c(F)c1F. The number of halogens is 4. The van der Waals surface area contributed by atoms with Gasteiger partial charge in [0.15, 0.2) is 17.7 Å². The fourth-order valence-corrected chi connectivity index (χ4v) is 6.52. The summed E-state index contributed by atoms with van der Waals surface area (Å²) in [6.45, 7) is 4.54. The number of rotatable bonds is 11. The van der Waals surface area contributed by atoms with Crippen LogP contribution in [0.4, 0.5) is 17.6 Å². The van der Waals surface area contributed by atoms with Crippen molar-refractivity contribution in [2.24, 2.45) is 11.8 Å². The largest absolute Gasteiger partial charge is 0.490 e. The van der Waals surface area contributed by atoms with E-state index in [4.69, 9.17) is 9.47 Å². The van der Waals surface area contributed by atoms with Crippen LogP contribution in [0.3, 0.4) is 0 Å². The molecule has 2 fully saturated rings. The number of alkyl halides is 2. The standard InChI is InChI=1S/C32H42F4O2/c1-3-5-21-37-27-18-17-26(29(34)30(27)35)23-14-11-22(12-15-23)13-16-24-19-20-32(38-4-2,31(36)28(24)33)25-9-7-6-8-10-25/h6-10,17-18,22-24,28,31H,3-5,11-16,19-21H2,1-2H3/t22-,23-,24?,28?,31-,32-/m1/s1. The summed E-state index contributed by atoms with van der Waals surface area (Å²) in [7, 11) is 0. The van der Waals surface area contributed by atoms with E-state index in [1.54, 1.807) is 12.1 Å². The Hall–Kier alpha value is -2.08. The average Bonchev–Trinajstić information content (AvgIpc) is 2.94. The van der Waals surface area contributed by atoms with Crippen LogP contribution in [0, 0.1) is 23.5 Å². The maximum atomic E-state index is 15.6. The van der Waals surface area contributed by atoms with Gasteiger partial charge in [-0.15, -0.1) is 0 Å². The molecule has 0 aromatic heterocycles. The molecule has 0 saturated heterocycles. The first kappa shape index (κ1) is 28.9. The van der Waals surface area contributed by atoms with E-state index >= 15 is 8.78 Å². The van der Waals surface area contributed by atoms with Gasteiger partial charge in [0.05, 0.1) is 6.61 Å². The van der Waals surface area contributed by atoms with Gasteiger partial charge in [0.2, 0.25) is 5.82 Å². The van der Waals surface area contributed by atoms with E-state index in [1.807, 2.05) is 44.2 Å². The normalized spacial score (nSPS) is 29.8. The van der Waals surface area contributed by atoms with E-state index in [-0.39, 0.29) is 17.6 Å². The second-order valence-electron chi connectivity index (χ2n) is 11.1. The Kier molecular flexibility index (Phi) is 10.1. The lowest BCUT2D eigenvalue weighted by molar-refractivity contribution is -0.157. The molecule has 0 spiro atoms. The lowest BCUT2D eigenvalue weighted by Crippen LogP contribution is -2.51. The van der Waals surface area contributed by atoms with E-state index in [0.717, 1.165) is 44.9 Å². The molecule has 2 saturated carbocycles. The monoisotopic (exact) mass is 534 g/mol. The summed E-state index contributed by atoms with van der Waals surface area (Å²) in [5.74, 6) is -1.67. The van der Waals surface area contributed by atoms with Crippen molar-refractivity contribution in [3.05, 3.63) is 65.2 Å². The number of unbranched alkanes of at least 4 members (excludes halogenated alkanes) is 1. The highest BCUT2D eigenvalue weighted by Crippen LogP contribution is 2.48. The van der Waals surface area contributed by atoms with Crippen LogP contribution in [-0.2, 0) is 10.3 Å². The molecular weight excluding hydrogens is 492 g/mol. The number of hydrogen-bond acceptors (Lipinski definition) is 2. The summed E-state index contributed by atoms with van der Waals surface area (Å²) in [5.41, 5.74) is -0.0914. The van der Waals surface area contributed by atoms with Crippen molar-refractivity contribution in [1.82, 2.24) is 0 Å². The predicted molar refractivity (Wildman–Crippen MR) is 143 cm³/mol. The molecule has 2 nitrogen and oxygen atoms in total. The van der Waals surface area contributed by atoms with Crippen LogP contribution in [0.5, 0.6) is 5.75 Å². The van der Waals surface area contributed by atoms with E-state index in [9.17, 15) is 8.78 Å². The molecule has 0 aliphatic heterocycles. The van der Waals surface area contributed by atoms with Crippen LogP contribution in [-0.4, -0.2) is 25.6 Å². The highest BCUT2D eigenvalue weighted by Gasteiger charge is 2.52. The lowest BCUT2D eigenvalue weighted by atomic mass is 9.70. The maximum Gasteiger partial charge on any atom is 0.200 e. The summed E-state index contributed by atoms with van der Waals surface area (Å²) in [6.07, 6.45) is 4.29. The predicted octanol–water partition coefficient (Wildman–Crippen LogP) is 9.22. The van der Waals surface area contributed by atoms with Crippen LogP contribution in [0.2, 0.25) is 0 Å². The average molecular weight is 535 g/mol. The molecule has 0 heterocycles. The topological polar surface area (TPSA) is 18.5 Å². The Morgan fingerprint density at radius 3 is 2.29 bits per heavy atom.